The van der Waals surface area contributed by atoms with Crippen LogP contribution >= 0.6 is 0 Å². The molecule has 2 aromatic carbocycles. The molecule has 0 fully saturated rings. The molecule has 1 aromatic heterocycles. The molecule has 1 heterocycles. The van der Waals surface area contributed by atoms with E-state index < -0.39 is 6.10 Å². The van der Waals surface area contributed by atoms with E-state index in [0.717, 1.165) is 5.39 Å². The van der Waals surface area contributed by atoms with Crippen molar-refractivity contribution in [3.05, 3.63) is 59.8 Å². The van der Waals surface area contributed by atoms with E-state index in [1.54, 1.807) is 30.5 Å². The van der Waals surface area contributed by atoms with Crippen LogP contribution in [0.4, 0.5) is 0 Å². The number of benzene rings is 2. The molecule has 0 aliphatic carbocycles. The summed E-state index contributed by atoms with van der Waals surface area (Å²) in [6.45, 7) is 3.99. The largest absolute Gasteiger partial charge is 0.491 e. The Hall–Kier alpha value is -2.86. The van der Waals surface area contributed by atoms with Gasteiger partial charge in [-0.05, 0) is 37.6 Å². The Bertz CT molecular complexity index is 873. The predicted octanol–water partition coefficient (Wildman–Crippen LogP) is 2.81. The van der Waals surface area contributed by atoms with Gasteiger partial charge in [0.2, 0.25) is 0 Å². The van der Waals surface area contributed by atoms with Crippen LogP contribution in [0, 0.1) is 0 Å². The lowest BCUT2D eigenvalue weighted by molar-refractivity contribution is 0.0917. The van der Waals surface area contributed by atoms with Gasteiger partial charge >= 0.3 is 0 Å². The lowest BCUT2D eigenvalue weighted by Gasteiger charge is -2.15. The highest BCUT2D eigenvalue weighted by molar-refractivity contribution is 6.05. The number of fused-ring (bicyclic) bond motifs is 1. The molecular formula is C19H21N3O3. The van der Waals surface area contributed by atoms with Gasteiger partial charge in [-0.15, -0.1) is 0 Å². The Kier molecular flexibility index (Phi) is 5.00. The van der Waals surface area contributed by atoms with Gasteiger partial charge < -0.3 is 15.2 Å². The van der Waals surface area contributed by atoms with E-state index >= 15 is 0 Å². The van der Waals surface area contributed by atoms with Crippen LogP contribution < -0.4 is 10.1 Å². The first-order valence-corrected chi connectivity index (χ1v) is 8.19. The topological polar surface area (TPSA) is 87.2 Å². The summed E-state index contributed by atoms with van der Waals surface area (Å²) in [6.07, 6.45) is 0.906. The number of hydrogen-bond donors (Lipinski definition) is 3. The third-order valence-electron chi connectivity index (χ3n) is 3.79. The maximum atomic E-state index is 12.4. The molecule has 3 N–H and O–H groups in total. The van der Waals surface area contributed by atoms with Crippen LogP contribution in [0.25, 0.3) is 10.9 Å². The number of aromatic nitrogens is 2. The number of carbonyl (C=O) groups excluding carboxylic acids is 1. The fourth-order valence-corrected chi connectivity index (χ4v) is 2.63. The molecule has 130 valence electrons. The van der Waals surface area contributed by atoms with Crippen LogP contribution in [-0.4, -0.2) is 33.9 Å². The lowest BCUT2D eigenvalue weighted by atomic mass is 10.1. The van der Waals surface area contributed by atoms with Crippen molar-refractivity contribution in [3.63, 3.8) is 0 Å². The first kappa shape index (κ1) is 17.0. The fourth-order valence-electron chi connectivity index (χ4n) is 2.63. The summed E-state index contributed by atoms with van der Waals surface area (Å²) in [4.78, 5) is 12.4. The van der Waals surface area contributed by atoms with Crippen LogP contribution in [0.2, 0.25) is 0 Å². The number of aliphatic hydroxyl groups excluding tert-OH is 1. The second-order valence-electron chi connectivity index (χ2n) is 6.10. The normalized spacial score (nSPS) is 12.3. The number of nitrogens with one attached hydrogen (secondary N) is 2. The number of amides is 1. The van der Waals surface area contributed by atoms with Crippen molar-refractivity contribution in [2.75, 3.05) is 6.54 Å². The van der Waals surface area contributed by atoms with E-state index in [1.165, 1.54) is 0 Å². The molecule has 25 heavy (non-hydrogen) atoms. The minimum absolute atomic E-state index is 0.0574. The number of rotatable bonds is 6. The minimum Gasteiger partial charge on any atom is -0.491 e. The predicted molar refractivity (Wildman–Crippen MR) is 95.6 cm³/mol. The fraction of sp³-hybridized carbons (Fsp3) is 0.263. The smallest absolute Gasteiger partial charge is 0.253 e. The Morgan fingerprint density at radius 2 is 2.08 bits per heavy atom. The summed E-state index contributed by atoms with van der Waals surface area (Å²) in [6, 6.07) is 12.7. The second kappa shape index (κ2) is 7.36. The number of carbonyl (C=O) groups is 1. The summed E-state index contributed by atoms with van der Waals surface area (Å²) in [5, 5.41) is 20.8. The van der Waals surface area contributed by atoms with E-state index in [4.69, 9.17) is 4.74 Å². The number of H-pyrrole nitrogens is 1. The quantitative estimate of drug-likeness (QED) is 0.644. The number of nitrogens with zero attached hydrogens (tertiary/aromatic N) is 1. The van der Waals surface area contributed by atoms with Gasteiger partial charge in [0.1, 0.15) is 5.75 Å². The monoisotopic (exact) mass is 339 g/mol. The molecule has 1 amide bonds. The van der Waals surface area contributed by atoms with Crippen molar-refractivity contribution in [2.24, 2.45) is 0 Å². The molecule has 3 aromatic rings. The number of aliphatic hydroxyl groups is 1. The maximum absolute atomic E-state index is 12.4. The highest BCUT2D eigenvalue weighted by Crippen LogP contribution is 2.20. The van der Waals surface area contributed by atoms with Gasteiger partial charge in [0.15, 0.2) is 0 Å². The Morgan fingerprint density at radius 3 is 2.88 bits per heavy atom. The molecule has 1 atom stereocenters. The van der Waals surface area contributed by atoms with Gasteiger partial charge in [-0.1, -0.05) is 24.3 Å². The van der Waals surface area contributed by atoms with Crippen LogP contribution in [-0.2, 0) is 0 Å². The molecular weight excluding hydrogens is 318 g/mol. The van der Waals surface area contributed by atoms with Crippen LogP contribution in [0.3, 0.4) is 0 Å². The van der Waals surface area contributed by atoms with Gasteiger partial charge in [0.25, 0.3) is 5.91 Å². The summed E-state index contributed by atoms with van der Waals surface area (Å²) >= 11 is 0. The Labute approximate surface area is 145 Å². The minimum atomic E-state index is -0.819. The average molecular weight is 339 g/mol. The molecule has 0 radical (unpaired) electrons. The molecule has 0 saturated heterocycles. The highest BCUT2D eigenvalue weighted by atomic mass is 16.5. The molecule has 0 bridgehead atoms. The van der Waals surface area contributed by atoms with Crippen LogP contribution in [0.1, 0.15) is 35.9 Å². The number of ether oxygens (including phenoxy) is 1. The van der Waals surface area contributed by atoms with Crippen molar-refractivity contribution in [2.45, 2.75) is 26.1 Å². The Balaban J connectivity index is 1.67. The number of aromatic amines is 1. The van der Waals surface area contributed by atoms with Gasteiger partial charge in [-0.25, -0.2) is 0 Å². The van der Waals surface area contributed by atoms with Crippen LogP contribution in [0.5, 0.6) is 5.75 Å². The molecule has 6 nitrogen and oxygen atoms in total. The van der Waals surface area contributed by atoms with Crippen molar-refractivity contribution in [1.82, 2.24) is 15.5 Å². The second-order valence-corrected chi connectivity index (χ2v) is 6.10. The standard InChI is InChI=1S/C19H21N3O3/c1-12(2)25-15-7-3-5-13(9-15)17(23)11-20-19(24)16-8-4-6-14-10-21-22-18(14)16/h3-10,12,17,23H,11H2,1-2H3,(H,20,24)(H,21,22). The molecule has 1 unspecified atom stereocenters. The Morgan fingerprint density at radius 1 is 1.28 bits per heavy atom. The summed E-state index contributed by atoms with van der Waals surface area (Å²) < 4.78 is 5.63. The lowest BCUT2D eigenvalue weighted by Crippen LogP contribution is -2.28. The number of para-hydroxylation sites is 1. The van der Waals surface area contributed by atoms with E-state index in [9.17, 15) is 9.90 Å². The molecule has 0 aliphatic rings. The maximum Gasteiger partial charge on any atom is 0.253 e. The SMILES string of the molecule is CC(C)Oc1cccc(C(O)CNC(=O)c2cccc3cn[nH]c23)c1. The van der Waals surface area contributed by atoms with Crippen LogP contribution in [0.15, 0.2) is 48.7 Å². The molecule has 0 spiro atoms. The molecule has 0 saturated carbocycles. The molecule has 0 aliphatic heterocycles. The average Bonchev–Trinajstić information content (AvgIpc) is 3.07. The van der Waals surface area contributed by atoms with Crippen molar-refractivity contribution in [3.8, 4) is 5.75 Å². The van der Waals surface area contributed by atoms with E-state index in [2.05, 4.69) is 15.5 Å². The van der Waals surface area contributed by atoms with Gasteiger partial charge in [0, 0.05) is 11.9 Å². The zero-order valence-corrected chi connectivity index (χ0v) is 14.2. The zero-order chi connectivity index (χ0) is 17.8. The van der Waals surface area contributed by atoms with Crippen molar-refractivity contribution >= 4 is 16.8 Å². The van der Waals surface area contributed by atoms with Crippen molar-refractivity contribution in [1.29, 1.82) is 0 Å². The third-order valence-corrected chi connectivity index (χ3v) is 3.79. The van der Waals surface area contributed by atoms with E-state index in [0.29, 0.717) is 22.4 Å². The highest BCUT2D eigenvalue weighted by Gasteiger charge is 2.14. The first-order valence-electron chi connectivity index (χ1n) is 8.19. The van der Waals surface area contributed by atoms with Crippen molar-refractivity contribution < 1.29 is 14.6 Å². The summed E-state index contributed by atoms with van der Waals surface area (Å²) in [7, 11) is 0. The summed E-state index contributed by atoms with van der Waals surface area (Å²) in [5.41, 5.74) is 1.87. The molecule has 3 rings (SSSR count). The summed E-state index contributed by atoms with van der Waals surface area (Å²) in [5.74, 6) is 0.434. The third kappa shape index (κ3) is 3.97. The number of hydrogen-bond acceptors (Lipinski definition) is 4. The van der Waals surface area contributed by atoms with Gasteiger partial charge in [-0.3, -0.25) is 9.89 Å². The zero-order valence-electron chi connectivity index (χ0n) is 14.2. The first-order chi connectivity index (χ1) is 12.0. The van der Waals surface area contributed by atoms with Gasteiger partial charge in [-0.2, -0.15) is 5.10 Å². The van der Waals surface area contributed by atoms with Gasteiger partial charge in [0.05, 0.1) is 29.5 Å². The van der Waals surface area contributed by atoms with E-state index in [-0.39, 0.29) is 18.6 Å². The van der Waals surface area contributed by atoms with E-state index in [1.807, 2.05) is 32.0 Å². The molecule has 6 heteroatoms.